The fraction of sp³-hybridized carbons (Fsp3) is 0.100. The molecule has 0 bridgehead atoms. The summed E-state index contributed by atoms with van der Waals surface area (Å²) >= 11 is 3.73. The molecule has 0 fully saturated rings. The Kier molecular flexibility index (Phi) is 2.61. The second-order valence-corrected chi connectivity index (χ2v) is 5.05. The van der Waals surface area contributed by atoms with Crippen LogP contribution in [-0.4, -0.2) is 5.11 Å². The third-order valence-corrected chi connectivity index (χ3v) is 3.57. The van der Waals surface area contributed by atoms with Crippen molar-refractivity contribution < 1.29 is 5.11 Å². The van der Waals surface area contributed by atoms with Crippen LogP contribution >= 0.6 is 33.9 Å². The Balaban J connectivity index is 2.74. The van der Waals surface area contributed by atoms with Gasteiger partial charge in [-0.2, -0.15) is 5.26 Å². The largest absolute Gasteiger partial charge is 0.507 e. The molecule has 0 atom stereocenters. The normalized spacial score (nSPS) is 10.3. The van der Waals surface area contributed by atoms with E-state index in [1.165, 1.54) is 0 Å². The van der Waals surface area contributed by atoms with E-state index < -0.39 is 0 Å². The van der Waals surface area contributed by atoms with E-state index in [4.69, 9.17) is 5.26 Å². The Bertz CT molecular complexity index is 527. The zero-order chi connectivity index (χ0) is 10.1. The fourth-order valence-corrected chi connectivity index (χ4v) is 3.23. The Morgan fingerprint density at radius 2 is 2.29 bits per heavy atom. The third kappa shape index (κ3) is 1.57. The number of benzene rings is 1. The topological polar surface area (TPSA) is 44.0 Å². The quantitative estimate of drug-likeness (QED) is 0.821. The van der Waals surface area contributed by atoms with Crippen molar-refractivity contribution >= 4 is 44.0 Å². The van der Waals surface area contributed by atoms with Gasteiger partial charge in [0.15, 0.2) is 0 Å². The third-order valence-electron chi connectivity index (χ3n) is 1.96. The second kappa shape index (κ2) is 3.75. The van der Waals surface area contributed by atoms with E-state index in [0.717, 1.165) is 19.2 Å². The molecule has 0 amide bonds. The lowest BCUT2D eigenvalue weighted by Crippen LogP contribution is -1.79. The Labute approximate surface area is 98.9 Å². The first-order chi connectivity index (χ1) is 6.72. The number of nitrogens with zero attached hydrogens (tertiary/aromatic N) is 1. The van der Waals surface area contributed by atoms with Crippen molar-refractivity contribution in [3.8, 4) is 11.8 Å². The van der Waals surface area contributed by atoms with E-state index >= 15 is 0 Å². The number of fused-ring (bicyclic) bond motifs is 1. The minimum atomic E-state index is 0.276. The molecular weight excluding hydrogens is 309 g/mol. The van der Waals surface area contributed by atoms with Crippen molar-refractivity contribution in [1.29, 1.82) is 5.26 Å². The van der Waals surface area contributed by atoms with Crippen LogP contribution in [0.15, 0.2) is 17.5 Å². The zero-order valence-corrected chi connectivity index (χ0v) is 10.1. The summed E-state index contributed by atoms with van der Waals surface area (Å²) in [6.07, 6.45) is 0.355. The second-order valence-electron chi connectivity index (χ2n) is 2.89. The number of thiophene rings is 1. The first-order valence-electron chi connectivity index (χ1n) is 3.98. The highest BCUT2D eigenvalue weighted by Crippen LogP contribution is 2.34. The molecule has 4 heteroatoms. The van der Waals surface area contributed by atoms with E-state index in [2.05, 4.69) is 28.7 Å². The smallest absolute Gasteiger partial charge is 0.125 e. The van der Waals surface area contributed by atoms with Gasteiger partial charge in [0.25, 0.3) is 0 Å². The van der Waals surface area contributed by atoms with Crippen LogP contribution in [0.4, 0.5) is 0 Å². The van der Waals surface area contributed by atoms with Crippen molar-refractivity contribution in [2.24, 2.45) is 0 Å². The van der Waals surface area contributed by atoms with Crippen molar-refractivity contribution in [2.75, 3.05) is 0 Å². The molecule has 0 saturated carbocycles. The summed E-state index contributed by atoms with van der Waals surface area (Å²) in [7, 11) is 0. The molecule has 1 heterocycles. The lowest BCUT2D eigenvalue weighted by Gasteiger charge is -1.98. The van der Waals surface area contributed by atoms with Gasteiger partial charge in [-0.15, -0.1) is 11.3 Å². The number of rotatable bonds is 1. The van der Waals surface area contributed by atoms with Gasteiger partial charge >= 0.3 is 0 Å². The number of phenolic OH excluding ortho intramolecular Hbond substituents is 1. The zero-order valence-electron chi connectivity index (χ0n) is 7.12. The van der Waals surface area contributed by atoms with E-state index in [1.807, 2.05) is 11.4 Å². The van der Waals surface area contributed by atoms with Crippen LogP contribution in [0.3, 0.4) is 0 Å². The van der Waals surface area contributed by atoms with Crippen LogP contribution < -0.4 is 0 Å². The van der Waals surface area contributed by atoms with Crippen LogP contribution in [0, 0.1) is 14.9 Å². The molecule has 2 nitrogen and oxygen atoms in total. The van der Waals surface area contributed by atoms with Crippen LogP contribution in [-0.2, 0) is 6.42 Å². The summed E-state index contributed by atoms with van der Waals surface area (Å²) in [5.74, 6) is 0.276. The van der Waals surface area contributed by atoms with Crippen LogP contribution in [0.2, 0.25) is 0 Å². The molecule has 1 aromatic carbocycles. The lowest BCUT2D eigenvalue weighted by molar-refractivity contribution is 0.481. The molecule has 1 aromatic heterocycles. The maximum absolute atomic E-state index is 9.74. The summed E-state index contributed by atoms with van der Waals surface area (Å²) in [6, 6.07) is 5.83. The van der Waals surface area contributed by atoms with Gasteiger partial charge in [-0.25, -0.2) is 0 Å². The maximum Gasteiger partial charge on any atom is 0.125 e. The fourth-order valence-electron chi connectivity index (χ4n) is 1.39. The number of hydrogen-bond donors (Lipinski definition) is 1. The molecule has 70 valence electrons. The molecule has 0 aliphatic rings. The van der Waals surface area contributed by atoms with E-state index in [-0.39, 0.29) is 5.75 Å². The van der Waals surface area contributed by atoms with Gasteiger partial charge in [-0.3, -0.25) is 0 Å². The summed E-state index contributed by atoms with van der Waals surface area (Å²) in [4.78, 5) is 0. The highest BCUT2D eigenvalue weighted by molar-refractivity contribution is 14.1. The molecular formula is C10H6INOS. The average molecular weight is 315 g/mol. The molecule has 0 saturated heterocycles. The summed E-state index contributed by atoms with van der Waals surface area (Å²) < 4.78 is 2.05. The molecule has 0 unspecified atom stereocenters. The number of halogens is 1. The van der Waals surface area contributed by atoms with Gasteiger partial charge in [-0.1, -0.05) is 0 Å². The Hall–Kier alpha value is -0.800. The first kappa shape index (κ1) is 9.74. The van der Waals surface area contributed by atoms with Gasteiger partial charge in [0, 0.05) is 13.7 Å². The van der Waals surface area contributed by atoms with Gasteiger partial charge in [0.05, 0.1) is 12.5 Å². The number of aromatic hydroxyl groups is 1. The van der Waals surface area contributed by atoms with Crippen LogP contribution in [0.25, 0.3) is 10.1 Å². The van der Waals surface area contributed by atoms with E-state index in [9.17, 15) is 5.11 Å². The van der Waals surface area contributed by atoms with Crippen LogP contribution in [0.1, 0.15) is 5.56 Å². The van der Waals surface area contributed by atoms with E-state index in [1.54, 1.807) is 17.4 Å². The Morgan fingerprint density at radius 3 is 3.00 bits per heavy atom. The van der Waals surface area contributed by atoms with Crippen molar-refractivity contribution in [3.63, 3.8) is 0 Å². The summed E-state index contributed by atoms with van der Waals surface area (Å²) in [5, 5.41) is 21.1. The highest BCUT2D eigenvalue weighted by Gasteiger charge is 2.09. The first-order valence-corrected chi connectivity index (χ1v) is 5.93. The standard InChI is InChI=1S/C10H6INOS/c11-7-3-8(13)10-6(1-2-12)5-14-9(10)4-7/h3-5,13H,1H2. The minimum Gasteiger partial charge on any atom is -0.507 e. The molecule has 2 rings (SSSR count). The Morgan fingerprint density at radius 1 is 1.50 bits per heavy atom. The number of nitriles is 1. The van der Waals surface area contributed by atoms with Gasteiger partial charge in [0.1, 0.15) is 5.75 Å². The maximum atomic E-state index is 9.74. The van der Waals surface area contributed by atoms with Gasteiger partial charge in [0.2, 0.25) is 0 Å². The summed E-state index contributed by atoms with van der Waals surface area (Å²) in [5.41, 5.74) is 0.918. The molecule has 0 spiro atoms. The van der Waals surface area contributed by atoms with Crippen LogP contribution in [0.5, 0.6) is 5.75 Å². The summed E-state index contributed by atoms with van der Waals surface area (Å²) in [6.45, 7) is 0. The molecule has 1 N–H and O–H groups in total. The highest BCUT2D eigenvalue weighted by atomic mass is 127. The number of hydrogen-bond acceptors (Lipinski definition) is 3. The molecule has 2 aromatic rings. The minimum absolute atomic E-state index is 0.276. The van der Waals surface area contributed by atoms with Gasteiger partial charge in [-0.05, 0) is 45.7 Å². The average Bonchev–Trinajstić information content (AvgIpc) is 2.49. The van der Waals surface area contributed by atoms with Crippen molar-refractivity contribution in [1.82, 2.24) is 0 Å². The lowest BCUT2D eigenvalue weighted by atomic mass is 10.1. The molecule has 0 aliphatic heterocycles. The number of phenols is 1. The predicted octanol–water partition coefficient (Wildman–Crippen LogP) is 3.28. The monoisotopic (exact) mass is 315 g/mol. The predicted molar refractivity (Wildman–Crippen MR) is 65.5 cm³/mol. The van der Waals surface area contributed by atoms with Crippen molar-refractivity contribution in [3.05, 3.63) is 26.6 Å². The molecule has 0 radical (unpaired) electrons. The van der Waals surface area contributed by atoms with E-state index in [0.29, 0.717) is 6.42 Å². The van der Waals surface area contributed by atoms with Crippen molar-refractivity contribution in [2.45, 2.75) is 6.42 Å². The van der Waals surface area contributed by atoms with Gasteiger partial charge < -0.3 is 5.11 Å². The SMILES string of the molecule is N#CCc1csc2cc(I)cc(O)c12. The molecule has 14 heavy (non-hydrogen) atoms. The molecule has 0 aliphatic carbocycles.